The van der Waals surface area contributed by atoms with Crippen LogP contribution >= 0.6 is 0 Å². The Bertz CT molecular complexity index is 875. The van der Waals surface area contributed by atoms with Crippen LogP contribution < -0.4 is 0 Å². The van der Waals surface area contributed by atoms with E-state index < -0.39 is 5.97 Å². The molecule has 0 radical (unpaired) electrons. The van der Waals surface area contributed by atoms with Gasteiger partial charge in [0.1, 0.15) is 0 Å². The predicted molar refractivity (Wildman–Crippen MR) is 116 cm³/mol. The van der Waals surface area contributed by atoms with Crippen molar-refractivity contribution in [3.8, 4) is 11.1 Å². The maximum atomic E-state index is 11.8. The number of hydrogen-bond acceptors (Lipinski definition) is 4. The highest BCUT2D eigenvalue weighted by Crippen LogP contribution is 2.30. The van der Waals surface area contributed by atoms with Gasteiger partial charge in [0.2, 0.25) is 0 Å². The quantitative estimate of drug-likeness (QED) is 0.680. The third-order valence-electron chi connectivity index (χ3n) is 6.28. The fourth-order valence-corrected chi connectivity index (χ4v) is 4.53. The van der Waals surface area contributed by atoms with Gasteiger partial charge in [-0.2, -0.15) is 5.06 Å². The van der Waals surface area contributed by atoms with Gasteiger partial charge in [0.05, 0.1) is 30.9 Å². The molecule has 2 aliphatic rings. The van der Waals surface area contributed by atoms with E-state index in [9.17, 15) is 9.90 Å². The minimum atomic E-state index is -0.906. The summed E-state index contributed by atoms with van der Waals surface area (Å²) in [5.74, 6) is -0.906. The fourth-order valence-electron chi connectivity index (χ4n) is 4.53. The summed E-state index contributed by atoms with van der Waals surface area (Å²) in [4.78, 5) is 17.7. The fraction of sp³-hybridized carbons (Fsp3) is 0.480. The van der Waals surface area contributed by atoms with Crippen LogP contribution in [0.3, 0.4) is 0 Å². The van der Waals surface area contributed by atoms with Crippen LogP contribution in [0, 0.1) is 6.92 Å². The average Bonchev–Trinajstić information content (AvgIpc) is 3.20. The number of ether oxygens (including phenoxy) is 1. The predicted octanol–water partition coefficient (Wildman–Crippen LogP) is 5.22. The molecule has 1 saturated carbocycles. The van der Waals surface area contributed by atoms with Gasteiger partial charge in [-0.1, -0.05) is 49.6 Å². The van der Waals surface area contributed by atoms with Gasteiger partial charge < -0.3 is 9.84 Å². The molecule has 1 heterocycles. The Hall–Kier alpha value is -2.21. The molecule has 30 heavy (non-hydrogen) atoms. The Morgan fingerprint density at radius 2 is 1.90 bits per heavy atom. The molecule has 4 rings (SSSR count). The Morgan fingerprint density at radius 3 is 2.67 bits per heavy atom. The number of hydrogen-bond donors (Lipinski definition) is 1. The molecule has 0 amide bonds. The first-order valence-corrected chi connectivity index (χ1v) is 11.0. The third kappa shape index (κ3) is 4.91. The van der Waals surface area contributed by atoms with Crippen LogP contribution in [0.25, 0.3) is 11.1 Å². The van der Waals surface area contributed by atoms with Crippen LogP contribution in [0.2, 0.25) is 0 Å². The van der Waals surface area contributed by atoms with Crippen molar-refractivity contribution in [1.82, 2.24) is 5.06 Å². The zero-order valence-corrected chi connectivity index (χ0v) is 17.7. The van der Waals surface area contributed by atoms with Crippen LogP contribution in [0.15, 0.2) is 42.5 Å². The van der Waals surface area contributed by atoms with Crippen LogP contribution in [-0.4, -0.2) is 41.5 Å². The number of rotatable bonds is 7. The lowest BCUT2D eigenvalue weighted by Crippen LogP contribution is -2.33. The van der Waals surface area contributed by atoms with E-state index in [1.54, 1.807) is 6.07 Å². The number of benzene rings is 2. The first-order chi connectivity index (χ1) is 14.6. The molecule has 0 aromatic heterocycles. The van der Waals surface area contributed by atoms with Crippen LogP contribution in [0.5, 0.6) is 0 Å². The Morgan fingerprint density at radius 1 is 1.10 bits per heavy atom. The molecule has 0 bridgehead atoms. The van der Waals surface area contributed by atoms with Crippen molar-refractivity contribution in [2.24, 2.45) is 0 Å². The molecule has 5 nitrogen and oxygen atoms in total. The molecule has 2 aromatic carbocycles. The van der Waals surface area contributed by atoms with Gasteiger partial charge in [0.15, 0.2) is 0 Å². The third-order valence-corrected chi connectivity index (χ3v) is 6.28. The second kappa shape index (κ2) is 9.73. The highest BCUT2D eigenvalue weighted by molar-refractivity contribution is 5.96. The van der Waals surface area contributed by atoms with Gasteiger partial charge in [-0.3, -0.25) is 4.84 Å². The Kier molecular flexibility index (Phi) is 6.82. The number of nitrogens with zero attached hydrogens (tertiary/aromatic N) is 1. The van der Waals surface area contributed by atoms with Crippen molar-refractivity contribution in [3.63, 3.8) is 0 Å². The summed E-state index contributed by atoms with van der Waals surface area (Å²) in [6.45, 7) is 4.03. The van der Waals surface area contributed by atoms with Crippen molar-refractivity contribution < 1.29 is 19.5 Å². The lowest BCUT2D eigenvalue weighted by molar-refractivity contribution is -0.154. The molecule has 2 fully saturated rings. The van der Waals surface area contributed by atoms with Crippen molar-refractivity contribution in [2.45, 2.75) is 64.1 Å². The summed E-state index contributed by atoms with van der Waals surface area (Å²) in [5.41, 5.74) is 4.15. The molecule has 0 spiro atoms. The molecule has 2 aromatic rings. The summed E-state index contributed by atoms with van der Waals surface area (Å²) in [6, 6.07) is 13.7. The van der Waals surface area contributed by atoms with Crippen molar-refractivity contribution >= 4 is 5.97 Å². The molecule has 160 valence electrons. The van der Waals surface area contributed by atoms with E-state index in [1.165, 1.54) is 32.1 Å². The maximum Gasteiger partial charge on any atom is 0.336 e. The first-order valence-electron chi connectivity index (χ1n) is 11.0. The van der Waals surface area contributed by atoms with Gasteiger partial charge >= 0.3 is 5.97 Å². The normalized spacial score (nSPS) is 20.5. The van der Waals surface area contributed by atoms with Crippen molar-refractivity contribution in [1.29, 1.82) is 0 Å². The highest BCUT2D eigenvalue weighted by atomic mass is 16.7. The molecular weight excluding hydrogens is 378 g/mol. The lowest BCUT2D eigenvalue weighted by atomic mass is 9.94. The lowest BCUT2D eigenvalue weighted by Gasteiger charge is -2.27. The van der Waals surface area contributed by atoms with E-state index in [4.69, 9.17) is 9.57 Å². The van der Waals surface area contributed by atoms with E-state index in [1.807, 2.05) is 48.4 Å². The monoisotopic (exact) mass is 409 g/mol. The number of aromatic carboxylic acids is 1. The molecular formula is C25H31NO4. The van der Waals surface area contributed by atoms with E-state index in [0.29, 0.717) is 31.4 Å². The zero-order valence-electron chi connectivity index (χ0n) is 17.7. The van der Waals surface area contributed by atoms with Crippen LogP contribution in [0.4, 0.5) is 0 Å². The molecule has 1 saturated heterocycles. The van der Waals surface area contributed by atoms with Gasteiger partial charge in [-0.15, -0.1) is 0 Å². The summed E-state index contributed by atoms with van der Waals surface area (Å²) in [6.07, 6.45) is 7.57. The second-order valence-electron chi connectivity index (χ2n) is 8.44. The summed E-state index contributed by atoms with van der Waals surface area (Å²) in [7, 11) is 0. The average molecular weight is 410 g/mol. The zero-order chi connectivity index (χ0) is 20.9. The number of carboxylic acid groups (broad SMARTS) is 1. The maximum absolute atomic E-state index is 11.8. The summed E-state index contributed by atoms with van der Waals surface area (Å²) < 4.78 is 6.19. The summed E-state index contributed by atoms with van der Waals surface area (Å²) in [5, 5.41) is 11.7. The largest absolute Gasteiger partial charge is 0.478 e. The van der Waals surface area contributed by atoms with Crippen LogP contribution in [0.1, 0.15) is 60.0 Å². The number of hydroxylamine groups is 2. The Labute approximate surface area is 178 Å². The number of aryl methyl sites for hydroxylation is 1. The van der Waals surface area contributed by atoms with Crippen LogP contribution in [-0.2, 0) is 16.1 Å². The SMILES string of the molecule is Cc1ccccc1-c1cc(CN2OCCC2COC2CCCCC2)ccc1C(=O)O. The van der Waals surface area contributed by atoms with E-state index in [-0.39, 0.29) is 6.04 Å². The van der Waals surface area contributed by atoms with Crippen molar-refractivity contribution in [2.75, 3.05) is 13.2 Å². The second-order valence-corrected chi connectivity index (χ2v) is 8.44. The first kappa shape index (κ1) is 21.0. The van der Waals surface area contributed by atoms with Gasteiger partial charge in [0.25, 0.3) is 0 Å². The van der Waals surface area contributed by atoms with E-state index >= 15 is 0 Å². The van der Waals surface area contributed by atoms with Gasteiger partial charge in [-0.25, -0.2) is 4.79 Å². The topological polar surface area (TPSA) is 59.0 Å². The molecule has 1 aliphatic carbocycles. The number of carbonyl (C=O) groups is 1. The molecule has 1 N–H and O–H groups in total. The smallest absolute Gasteiger partial charge is 0.336 e. The molecule has 1 unspecified atom stereocenters. The minimum Gasteiger partial charge on any atom is -0.478 e. The Balaban J connectivity index is 1.49. The highest BCUT2D eigenvalue weighted by Gasteiger charge is 2.28. The van der Waals surface area contributed by atoms with Crippen molar-refractivity contribution in [3.05, 3.63) is 59.2 Å². The molecule has 5 heteroatoms. The molecule has 1 atom stereocenters. The standard InChI is InChI=1S/C25H31NO4/c1-18-7-5-6-10-22(18)24-15-19(11-12-23(24)25(27)28)16-26-20(13-14-30-26)17-29-21-8-3-2-4-9-21/h5-7,10-12,15,20-21H,2-4,8-9,13-14,16-17H2,1H3,(H,27,28). The van der Waals surface area contributed by atoms with Gasteiger partial charge in [0, 0.05) is 6.54 Å². The number of carboxylic acids is 1. The summed E-state index contributed by atoms with van der Waals surface area (Å²) >= 11 is 0. The van der Waals surface area contributed by atoms with E-state index in [0.717, 1.165) is 28.7 Å². The van der Waals surface area contributed by atoms with Gasteiger partial charge in [-0.05, 0) is 60.6 Å². The molecule has 1 aliphatic heterocycles. The van der Waals surface area contributed by atoms with E-state index in [2.05, 4.69) is 0 Å². The minimum absolute atomic E-state index is 0.244.